The van der Waals surface area contributed by atoms with E-state index < -0.39 is 5.60 Å². The molecule has 0 spiro atoms. The van der Waals surface area contributed by atoms with E-state index in [9.17, 15) is 9.59 Å². The number of likely N-dealkylation sites (tertiary alicyclic amines) is 1. The minimum atomic E-state index is -0.563. The summed E-state index contributed by atoms with van der Waals surface area (Å²) in [5, 5.41) is 0.957. The van der Waals surface area contributed by atoms with Gasteiger partial charge in [0.2, 0.25) is 0 Å². The third-order valence-corrected chi connectivity index (χ3v) is 6.79. The van der Waals surface area contributed by atoms with E-state index in [1.807, 2.05) is 57.7 Å². The fraction of sp³-hybridized carbons (Fsp3) is 0.667. The number of piperidine rings is 1. The van der Waals surface area contributed by atoms with Gasteiger partial charge in [-0.3, -0.25) is 4.79 Å². The van der Waals surface area contributed by atoms with Gasteiger partial charge in [0.1, 0.15) is 5.60 Å². The number of aryl methyl sites for hydroxylation is 1. The number of rotatable bonds is 11. The lowest BCUT2D eigenvalue weighted by Gasteiger charge is -2.41. The molecule has 2 heterocycles. The summed E-state index contributed by atoms with van der Waals surface area (Å²) in [6, 6.07) is 7.93. The van der Waals surface area contributed by atoms with Gasteiger partial charge in [-0.15, -0.1) is 0 Å². The molecule has 0 N–H and O–H groups in total. The minimum Gasteiger partial charge on any atom is -0.490 e. The second-order valence-corrected chi connectivity index (χ2v) is 11.4. The van der Waals surface area contributed by atoms with Gasteiger partial charge >= 0.3 is 6.09 Å². The third kappa shape index (κ3) is 7.22. The standard InChI is InChI=1S/C30H47N3O5/c1-8-19-37-27-24-15-9-10-16-25(24)32(18-11-12-20-36-7)26(27)28(34)33(22(2)3)23-14-13-17-31(21-23)29(35)38-30(4,5)6/h9-10,15-16,22-23H,8,11-14,17-21H2,1-7H3/t23-/m1/s1. The van der Waals surface area contributed by atoms with Crippen LogP contribution in [0.4, 0.5) is 4.79 Å². The Morgan fingerprint density at radius 2 is 1.87 bits per heavy atom. The summed E-state index contributed by atoms with van der Waals surface area (Å²) < 4.78 is 19.3. The molecule has 1 aromatic heterocycles. The van der Waals surface area contributed by atoms with Crippen molar-refractivity contribution in [3.8, 4) is 5.75 Å². The average Bonchev–Trinajstić information content (AvgIpc) is 3.17. The molecule has 1 saturated heterocycles. The van der Waals surface area contributed by atoms with E-state index in [0.717, 1.165) is 43.0 Å². The Morgan fingerprint density at radius 1 is 1.13 bits per heavy atom. The number of hydrogen-bond acceptors (Lipinski definition) is 5. The summed E-state index contributed by atoms with van der Waals surface area (Å²) >= 11 is 0. The second kappa shape index (κ2) is 13.4. The van der Waals surface area contributed by atoms with E-state index in [1.54, 1.807) is 12.0 Å². The number of benzene rings is 1. The van der Waals surface area contributed by atoms with Crippen molar-refractivity contribution in [2.75, 3.05) is 33.4 Å². The Balaban J connectivity index is 2.00. The van der Waals surface area contributed by atoms with Crippen molar-refractivity contribution in [3.05, 3.63) is 30.0 Å². The maximum atomic E-state index is 14.5. The van der Waals surface area contributed by atoms with Crippen molar-refractivity contribution in [1.29, 1.82) is 0 Å². The Kier molecular flexibility index (Phi) is 10.5. The van der Waals surface area contributed by atoms with Crippen molar-refractivity contribution >= 4 is 22.9 Å². The Labute approximate surface area is 228 Å². The summed E-state index contributed by atoms with van der Waals surface area (Å²) in [7, 11) is 1.71. The molecule has 0 bridgehead atoms. The zero-order valence-electron chi connectivity index (χ0n) is 24.4. The van der Waals surface area contributed by atoms with E-state index in [2.05, 4.69) is 17.6 Å². The van der Waals surface area contributed by atoms with E-state index in [0.29, 0.717) is 44.3 Å². The number of carbonyl (C=O) groups is 2. The Bertz CT molecular complexity index is 1070. The van der Waals surface area contributed by atoms with Gasteiger partial charge in [0.05, 0.1) is 18.2 Å². The van der Waals surface area contributed by atoms with Crippen molar-refractivity contribution in [2.24, 2.45) is 0 Å². The van der Waals surface area contributed by atoms with Crippen molar-refractivity contribution in [1.82, 2.24) is 14.4 Å². The average molecular weight is 530 g/mol. The van der Waals surface area contributed by atoms with E-state index in [-0.39, 0.29) is 24.1 Å². The van der Waals surface area contributed by atoms with Crippen LogP contribution in [0.25, 0.3) is 10.9 Å². The van der Waals surface area contributed by atoms with Crippen LogP contribution in [0.5, 0.6) is 5.75 Å². The lowest BCUT2D eigenvalue weighted by molar-refractivity contribution is 0.00725. The fourth-order valence-corrected chi connectivity index (χ4v) is 5.20. The SMILES string of the molecule is CCCOc1c(C(=O)N(C(C)C)[C@@H]2CCCN(C(=O)OC(C)(C)C)C2)n(CCCCOC)c2ccccc12. The predicted octanol–water partition coefficient (Wildman–Crippen LogP) is 6.11. The molecular formula is C30H47N3O5. The van der Waals surface area contributed by atoms with Gasteiger partial charge in [0.25, 0.3) is 5.91 Å². The van der Waals surface area contributed by atoms with Gasteiger partial charge < -0.3 is 28.6 Å². The molecule has 2 aromatic rings. The molecule has 2 amide bonds. The molecule has 0 unspecified atom stereocenters. The number of ether oxygens (including phenoxy) is 3. The molecule has 1 aliphatic rings. The number of carbonyl (C=O) groups excluding carboxylic acids is 2. The first-order valence-corrected chi connectivity index (χ1v) is 14.1. The number of para-hydroxylation sites is 1. The molecule has 8 nitrogen and oxygen atoms in total. The summed E-state index contributed by atoms with van der Waals surface area (Å²) in [5.41, 5.74) is 1.04. The largest absolute Gasteiger partial charge is 0.490 e. The van der Waals surface area contributed by atoms with E-state index in [1.165, 1.54) is 0 Å². The minimum absolute atomic E-state index is 0.0508. The number of nitrogens with zero attached hydrogens (tertiary/aromatic N) is 3. The van der Waals surface area contributed by atoms with Crippen molar-refractivity contribution in [3.63, 3.8) is 0 Å². The molecule has 0 aliphatic carbocycles. The number of amides is 2. The van der Waals surface area contributed by atoms with Crippen molar-refractivity contribution < 1.29 is 23.8 Å². The summed E-state index contributed by atoms with van der Waals surface area (Å²) in [4.78, 5) is 31.1. The number of unbranched alkanes of at least 4 members (excludes halogenated alkanes) is 1. The quantitative estimate of drug-likeness (QED) is 0.329. The molecule has 1 atom stereocenters. The van der Waals surface area contributed by atoms with Gasteiger partial charge in [-0.25, -0.2) is 4.79 Å². The van der Waals surface area contributed by atoms with Crippen LogP contribution in [0.3, 0.4) is 0 Å². The maximum Gasteiger partial charge on any atom is 0.410 e. The molecule has 1 aromatic carbocycles. The van der Waals surface area contributed by atoms with Gasteiger partial charge in [-0.2, -0.15) is 0 Å². The highest BCUT2D eigenvalue weighted by Gasteiger charge is 2.37. The Hall–Kier alpha value is -2.74. The first-order chi connectivity index (χ1) is 18.1. The van der Waals surface area contributed by atoms with Gasteiger partial charge in [0.15, 0.2) is 11.4 Å². The Morgan fingerprint density at radius 3 is 2.53 bits per heavy atom. The highest BCUT2D eigenvalue weighted by atomic mass is 16.6. The van der Waals surface area contributed by atoms with Crippen LogP contribution in [0, 0.1) is 0 Å². The number of fused-ring (bicyclic) bond motifs is 1. The molecule has 0 saturated carbocycles. The molecule has 3 rings (SSSR count). The topological polar surface area (TPSA) is 73.2 Å². The molecule has 0 radical (unpaired) electrons. The fourth-order valence-electron chi connectivity index (χ4n) is 5.20. The molecule has 1 fully saturated rings. The maximum absolute atomic E-state index is 14.5. The number of methoxy groups -OCH3 is 1. The highest BCUT2D eigenvalue weighted by Crippen LogP contribution is 2.36. The normalized spacial score (nSPS) is 16.2. The second-order valence-electron chi connectivity index (χ2n) is 11.4. The summed E-state index contributed by atoms with van der Waals surface area (Å²) in [6.07, 6.45) is 3.98. The number of aromatic nitrogens is 1. The predicted molar refractivity (Wildman–Crippen MR) is 151 cm³/mol. The molecule has 1 aliphatic heterocycles. The molecule has 38 heavy (non-hydrogen) atoms. The summed E-state index contributed by atoms with van der Waals surface area (Å²) in [6.45, 7) is 14.8. The van der Waals surface area contributed by atoms with Gasteiger partial charge in [0, 0.05) is 44.8 Å². The van der Waals surface area contributed by atoms with Gasteiger partial charge in [-0.05, 0) is 78.9 Å². The number of hydrogen-bond donors (Lipinski definition) is 0. The summed E-state index contributed by atoms with van der Waals surface area (Å²) in [5.74, 6) is 0.606. The first-order valence-electron chi connectivity index (χ1n) is 14.1. The molecule has 8 heteroatoms. The lowest BCUT2D eigenvalue weighted by atomic mass is 10.0. The first kappa shape index (κ1) is 29.8. The van der Waals surface area contributed by atoms with Crippen LogP contribution >= 0.6 is 0 Å². The highest BCUT2D eigenvalue weighted by molar-refractivity contribution is 6.04. The van der Waals surface area contributed by atoms with E-state index in [4.69, 9.17) is 14.2 Å². The van der Waals surface area contributed by atoms with Crippen LogP contribution in [-0.2, 0) is 16.0 Å². The third-order valence-electron chi connectivity index (χ3n) is 6.79. The smallest absolute Gasteiger partial charge is 0.410 e. The van der Waals surface area contributed by atoms with Crippen LogP contribution < -0.4 is 4.74 Å². The van der Waals surface area contributed by atoms with E-state index >= 15 is 0 Å². The van der Waals surface area contributed by atoms with Crippen LogP contribution in [0.2, 0.25) is 0 Å². The molecular weight excluding hydrogens is 482 g/mol. The zero-order chi connectivity index (χ0) is 27.9. The molecule has 212 valence electrons. The van der Waals surface area contributed by atoms with Crippen LogP contribution in [-0.4, -0.2) is 77.5 Å². The lowest BCUT2D eigenvalue weighted by Crippen LogP contribution is -2.54. The van der Waals surface area contributed by atoms with Crippen LogP contribution in [0.1, 0.15) is 84.1 Å². The van der Waals surface area contributed by atoms with Gasteiger partial charge in [-0.1, -0.05) is 19.1 Å². The monoisotopic (exact) mass is 529 g/mol. The van der Waals surface area contributed by atoms with Crippen molar-refractivity contribution in [2.45, 2.75) is 97.9 Å². The zero-order valence-corrected chi connectivity index (χ0v) is 24.4. The van der Waals surface area contributed by atoms with Crippen LogP contribution in [0.15, 0.2) is 24.3 Å².